The van der Waals surface area contributed by atoms with Gasteiger partial charge in [0.1, 0.15) is 23.0 Å². The SMILES string of the molecule is CCOc1ccc(-c2nc(CCCOc3ccc(S(=O)(=O)C4(C(=O)NO)CCN(CCOC)CC4)cc3)oc2C)cc1. The second kappa shape index (κ2) is 14.1. The van der Waals surface area contributed by atoms with Crippen LogP contribution in [0.1, 0.15) is 37.8 Å². The number of benzene rings is 2. The van der Waals surface area contributed by atoms with Crippen LogP contribution in [0, 0.1) is 6.92 Å². The van der Waals surface area contributed by atoms with E-state index in [0.717, 1.165) is 22.8 Å². The predicted molar refractivity (Wildman–Crippen MR) is 155 cm³/mol. The predicted octanol–water partition coefficient (Wildman–Crippen LogP) is 3.82. The highest BCUT2D eigenvalue weighted by Gasteiger charge is 2.52. The molecule has 1 aliphatic rings. The molecular formula is C30H39N3O8S. The number of rotatable bonds is 14. The average Bonchev–Trinajstić information content (AvgIpc) is 3.38. The van der Waals surface area contributed by atoms with Gasteiger partial charge in [-0.2, -0.15) is 0 Å². The minimum absolute atomic E-state index is 0.000807. The van der Waals surface area contributed by atoms with Gasteiger partial charge in [0.15, 0.2) is 20.5 Å². The molecule has 12 heteroatoms. The summed E-state index contributed by atoms with van der Waals surface area (Å²) in [4.78, 5) is 19.4. The Hall–Kier alpha value is -3.45. The minimum atomic E-state index is -4.10. The number of nitrogens with zero attached hydrogens (tertiary/aromatic N) is 2. The van der Waals surface area contributed by atoms with Crippen LogP contribution >= 0.6 is 0 Å². The van der Waals surface area contributed by atoms with Gasteiger partial charge in [0.2, 0.25) is 0 Å². The number of nitrogens with one attached hydrogen (secondary N) is 1. The van der Waals surface area contributed by atoms with Crippen LogP contribution < -0.4 is 15.0 Å². The number of aromatic nitrogens is 1. The summed E-state index contributed by atoms with van der Waals surface area (Å²) in [5.74, 6) is 1.74. The van der Waals surface area contributed by atoms with E-state index in [-0.39, 0.29) is 17.7 Å². The molecule has 1 aliphatic heterocycles. The van der Waals surface area contributed by atoms with Crippen LogP contribution in [0.2, 0.25) is 0 Å². The Kier molecular flexibility index (Phi) is 10.6. The average molecular weight is 602 g/mol. The molecule has 42 heavy (non-hydrogen) atoms. The van der Waals surface area contributed by atoms with Crippen molar-refractivity contribution in [3.63, 3.8) is 0 Å². The summed E-state index contributed by atoms with van der Waals surface area (Å²) in [5, 5.41) is 9.39. The van der Waals surface area contributed by atoms with Crippen LogP contribution in [0.5, 0.6) is 11.5 Å². The molecule has 1 amide bonds. The molecule has 0 bridgehead atoms. The Morgan fingerprint density at radius 3 is 2.31 bits per heavy atom. The fourth-order valence-electron chi connectivity index (χ4n) is 5.13. The van der Waals surface area contributed by atoms with Crippen LogP contribution in [0.4, 0.5) is 0 Å². The Morgan fingerprint density at radius 2 is 1.69 bits per heavy atom. The molecule has 0 aliphatic carbocycles. The number of amides is 1. The van der Waals surface area contributed by atoms with Crippen molar-refractivity contribution >= 4 is 15.7 Å². The van der Waals surface area contributed by atoms with E-state index in [0.29, 0.717) is 63.9 Å². The standard InChI is InChI=1S/C30H39N3O8S/c1-4-39-24-9-7-23(8-10-24)28-22(2)41-27(31-28)6-5-20-40-25-11-13-26(14-12-25)42(36,37)30(29(34)32-35)15-17-33(18-16-30)19-21-38-3/h7-14,35H,4-6,15-21H2,1-3H3,(H,32,34). The van der Waals surface area contributed by atoms with Gasteiger partial charge in [-0.3, -0.25) is 10.0 Å². The van der Waals surface area contributed by atoms with Crippen molar-refractivity contribution in [2.24, 2.45) is 0 Å². The molecule has 2 heterocycles. The van der Waals surface area contributed by atoms with E-state index in [1.807, 2.05) is 43.0 Å². The first-order valence-corrected chi connectivity index (χ1v) is 15.5. The van der Waals surface area contributed by atoms with Gasteiger partial charge in [-0.1, -0.05) is 0 Å². The minimum Gasteiger partial charge on any atom is -0.494 e. The van der Waals surface area contributed by atoms with Crippen molar-refractivity contribution in [1.82, 2.24) is 15.4 Å². The molecule has 1 saturated heterocycles. The third-order valence-electron chi connectivity index (χ3n) is 7.52. The molecule has 0 unspecified atom stereocenters. The molecule has 0 saturated carbocycles. The molecule has 0 radical (unpaired) electrons. The van der Waals surface area contributed by atoms with E-state index < -0.39 is 20.5 Å². The van der Waals surface area contributed by atoms with Crippen molar-refractivity contribution in [1.29, 1.82) is 0 Å². The van der Waals surface area contributed by atoms with Gasteiger partial charge in [0, 0.05) is 38.7 Å². The number of hydrogen-bond donors (Lipinski definition) is 2. The highest BCUT2D eigenvalue weighted by molar-refractivity contribution is 7.93. The number of hydroxylamine groups is 1. The lowest BCUT2D eigenvalue weighted by molar-refractivity contribution is -0.133. The number of aryl methyl sites for hydroxylation is 2. The molecule has 11 nitrogen and oxygen atoms in total. The molecule has 2 N–H and O–H groups in total. The van der Waals surface area contributed by atoms with E-state index in [9.17, 15) is 18.4 Å². The number of likely N-dealkylation sites (tertiary alicyclic amines) is 1. The lowest BCUT2D eigenvalue weighted by atomic mass is 9.95. The first kappa shape index (κ1) is 31.5. The second-order valence-corrected chi connectivity index (χ2v) is 12.4. The Labute approximate surface area is 246 Å². The fourth-order valence-corrected chi connectivity index (χ4v) is 7.09. The van der Waals surface area contributed by atoms with Gasteiger partial charge in [-0.15, -0.1) is 0 Å². The van der Waals surface area contributed by atoms with E-state index in [1.165, 1.54) is 12.1 Å². The molecule has 1 aromatic heterocycles. The van der Waals surface area contributed by atoms with Crippen LogP contribution in [0.3, 0.4) is 0 Å². The molecule has 0 spiro atoms. The van der Waals surface area contributed by atoms with Gasteiger partial charge < -0.3 is 23.5 Å². The normalized spacial score (nSPS) is 15.3. The van der Waals surface area contributed by atoms with Crippen molar-refractivity contribution < 1.29 is 37.0 Å². The number of oxazole rings is 1. The van der Waals surface area contributed by atoms with Gasteiger partial charge in [-0.25, -0.2) is 18.9 Å². The maximum Gasteiger partial charge on any atom is 0.265 e. The highest BCUT2D eigenvalue weighted by Crippen LogP contribution is 2.36. The lowest BCUT2D eigenvalue weighted by Crippen LogP contribution is -2.57. The smallest absolute Gasteiger partial charge is 0.265 e. The fraction of sp³-hybridized carbons (Fsp3) is 0.467. The van der Waals surface area contributed by atoms with E-state index in [1.54, 1.807) is 24.7 Å². The van der Waals surface area contributed by atoms with Crippen LogP contribution in [-0.2, 0) is 25.8 Å². The maximum absolute atomic E-state index is 13.7. The van der Waals surface area contributed by atoms with E-state index in [2.05, 4.69) is 4.98 Å². The summed E-state index contributed by atoms with van der Waals surface area (Å²) in [5.41, 5.74) is 3.33. The molecule has 3 aromatic rings. The zero-order valence-corrected chi connectivity index (χ0v) is 25.1. The topological polar surface area (TPSA) is 140 Å². The summed E-state index contributed by atoms with van der Waals surface area (Å²) in [7, 11) is -2.50. The third-order valence-corrected chi connectivity index (χ3v) is 10.0. The number of methoxy groups -OCH3 is 1. The molecule has 2 aromatic carbocycles. The van der Waals surface area contributed by atoms with Crippen molar-refractivity contribution in [2.75, 3.05) is 46.6 Å². The van der Waals surface area contributed by atoms with Crippen LogP contribution in [0.25, 0.3) is 11.3 Å². The third kappa shape index (κ3) is 6.95. The zero-order valence-electron chi connectivity index (χ0n) is 24.3. The van der Waals surface area contributed by atoms with Crippen LogP contribution in [0.15, 0.2) is 57.8 Å². The monoisotopic (exact) mass is 601 g/mol. The quantitative estimate of drug-likeness (QED) is 0.159. The highest BCUT2D eigenvalue weighted by atomic mass is 32.2. The van der Waals surface area contributed by atoms with E-state index in [4.69, 9.17) is 18.6 Å². The Morgan fingerprint density at radius 1 is 1.05 bits per heavy atom. The summed E-state index contributed by atoms with van der Waals surface area (Å²) < 4.78 is 47.8. The first-order chi connectivity index (χ1) is 20.2. The molecule has 1 fully saturated rings. The number of sulfone groups is 1. The van der Waals surface area contributed by atoms with Crippen molar-refractivity contribution in [2.45, 2.75) is 49.2 Å². The first-order valence-electron chi connectivity index (χ1n) is 14.1. The summed E-state index contributed by atoms with van der Waals surface area (Å²) >= 11 is 0. The Balaban J connectivity index is 1.33. The van der Waals surface area contributed by atoms with Gasteiger partial charge in [-0.05, 0) is 81.6 Å². The maximum atomic E-state index is 13.7. The largest absolute Gasteiger partial charge is 0.494 e. The van der Waals surface area contributed by atoms with Crippen molar-refractivity contribution in [3.8, 4) is 22.8 Å². The summed E-state index contributed by atoms with van der Waals surface area (Å²) in [6, 6.07) is 13.8. The molecule has 0 atom stereocenters. The zero-order chi connectivity index (χ0) is 30.2. The second-order valence-electron chi connectivity index (χ2n) is 10.2. The lowest BCUT2D eigenvalue weighted by Gasteiger charge is -2.39. The number of ether oxygens (including phenoxy) is 3. The number of carbonyl (C=O) groups is 1. The number of hydrogen-bond acceptors (Lipinski definition) is 10. The van der Waals surface area contributed by atoms with Gasteiger partial charge in [0.05, 0.1) is 24.7 Å². The van der Waals surface area contributed by atoms with Crippen molar-refractivity contribution in [3.05, 3.63) is 60.2 Å². The Bertz CT molecular complexity index is 1410. The molecule has 228 valence electrons. The number of piperidine rings is 1. The van der Waals surface area contributed by atoms with E-state index >= 15 is 0 Å². The summed E-state index contributed by atoms with van der Waals surface area (Å²) in [6.45, 7) is 6.74. The van der Waals surface area contributed by atoms with Gasteiger partial charge in [0.25, 0.3) is 5.91 Å². The molecular weight excluding hydrogens is 562 g/mol. The molecule has 4 rings (SSSR count). The van der Waals surface area contributed by atoms with Gasteiger partial charge >= 0.3 is 0 Å². The van der Waals surface area contributed by atoms with Crippen LogP contribution in [-0.4, -0.2) is 80.7 Å². The number of carbonyl (C=O) groups excluding carboxylic acids is 1. The summed E-state index contributed by atoms with van der Waals surface area (Å²) in [6.07, 6.45) is 1.33.